The van der Waals surface area contributed by atoms with E-state index >= 15 is 0 Å². The molecule has 14 heteroatoms. The van der Waals surface area contributed by atoms with Gasteiger partial charge in [-0.1, -0.05) is 0 Å². The predicted molar refractivity (Wildman–Crippen MR) is 19.4 cm³/mol. The largest absolute Gasteiger partial charge is 4.00 e. The van der Waals surface area contributed by atoms with Gasteiger partial charge in [-0.25, -0.2) is 0 Å². The van der Waals surface area contributed by atoms with E-state index in [9.17, 15) is 0 Å². The maximum atomic E-state index is 0. The third-order valence-electron chi connectivity index (χ3n) is 0. The van der Waals surface area contributed by atoms with Gasteiger partial charge in [0.05, 0.1) is 0 Å². The van der Waals surface area contributed by atoms with Gasteiger partial charge in [0, 0.05) is 0 Å². The van der Waals surface area contributed by atoms with Crippen molar-refractivity contribution in [3.63, 3.8) is 0 Å². The van der Waals surface area contributed by atoms with Crippen molar-refractivity contribution in [2.24, 2.45) is 0 Å². The van der Waals surface area contributed by atoms with Crippen molar-refractivity contribution in [1.82, 2.24) is 0 Å². The molecule has 0 bridgehead atoms. The number of hydrogen-bond donors (Lipinski definition) is 0. The van der Waals surface area contributed by atoms with Gasteiger partial charge in [-0.2, -0.15) is 0 Å². The van der Waals surface area contributed by atoms with Crippen molar-refractivity contribution in [1.29, 1.82) is 0 Å². The fraction of sp³-hybridized carbons (Fsp3) is 0. The van der Waals surface area contributed by atoms with Gasteiger partial charge in [-0.15, -0.1) is 0 Å². The molecule has 0 fully saturated rings. The molecular formula is H10CoMnMoNiO10. The molecule has 0 aromatic heterocycles. The van der Waals surface area contributed by atoms with E-state index in [1.165, 1.54) is 0 Å². The second-order valence-corrected chi connectivity index (χ2v) is 0. The third kappa shape index (κ3) is 693. The first kappa shape index (κ1) is 1060. The van der Waals surface area contributed by atoms with Crippen molar-refractivity contribution >= 4 is 0 Å². The summed E-state index contributed by atoms with van der Waals surface area (Å²) >= 11 is 0. The molecule has 14 heavy (non-hydrogen) atoms. The summed E-state index contributed by atoms with van der Waals surface area (Å²) < 4.78 is 0. The van der Waals surface area contributed by atoms with E-state index in [1.54, 1.807) is 0 Å². The van der Waals surface area contributed by atoms with E-state index in [4.69, 9.17) is 0 Å². The molecule has 0 saturated heterocycles. The number of rotatable bonds is 0. The maximum Gasteiger partial charge on any atom is 4.00 e. The Morgan fingerprint density at radius 1 is 0.357 bits per heavy atom. The maximum absolute atomic E-state index is 0. The van der Waals surface area contributed by atoms with Gasteiger partial charge < -0.3 is 54.8 Å². The van der Waals surface area contributed by atoms with E-state index in [-0.39, 0.29) is 126 Å². The molecule has 0 aliphatic carbocycles. The van der Waals surface area contributed by atoms with E-state index in [0.29, 0.717) is 0 Å². The molecule has 0 amide bonds. The van der Waals surface area contributed by atoms with Crippen molar-refractivity contribution in [3.8, 4) is 0 Å². The Morgan fingerprint density at radius 3 is 0.357 bits per heavy atom. The van der Waals surface area contributed by atoms with Gasteiger partial charge in [0.25, 0.3) is 0 Å². The van der Waals surface area contributed by atoms with Crippen LogP contribution in [0.3, 0.4) is 0 Å². The van der Waals surface area contributed by atoms with Gasteiger partial charge in [0.15, 0.2) is 0 Å². The van der Waals surface area contributed by atoms with E-state index in [0.717, 1.165) is 0 Å². The normalized spacial score (nSPS) is 0. The molecule has 10 N–H and O–H groups in total. The van der Waals surface area contributed by atoms with Crippen LogP contribution >= 0.6 is 0 Å². The average molecular weight is 439 g/mol. The van der Waals surface area contributed by atoms with Gasteiger partial charge >= 0.3 is 71.4 Å². The molecule has 10 nitrogen and oxygen atoms in total. The van der Waals surface area contributed by atoms with E-state index in [2.05, 4.69) is 0 Å². The number of hydrogen-bond acceptors (Lipinski definition) is 10. The van der Waals surface area contributed by atoms with Crippen LogP contribution in [0.15, 0.2) is 0 Å². The van der Waals surface area contributed by atoms with E-state index < -0.39 is 0 Å². The quantitative estimate of drug-likeness (QED) is 0.382. The second kappa shape index (κ2) is 864. The molecule has 2 radical (unpaired) electrons. The minimum atomic E-state index is 0. The van der Waals surface area contributed by atoms with Gasteiger partial charge in [-0.3, -0.25) is 0 Å². The Morgan fingerprint density at radius 2 is 0.357 bits per heavy atom. The van der Waals surface area contributed by atoms with Crippen molar-refractivity contribution in [2.75, 3.05) is 0 Å². The molecule has 0 aromatic rings. The fourth-order valence-corrected chi connectivity index (χ4v) is 0. The molecular weight excluding hydrogens is 428 g/mol. The Labute approximate surface area is 126 Å². The Bertz CT molecular complexity index is 20.1. The minimum absolute atomic E-state index is 0. The zero-order chi connectivity index (χ0) is 0. The molecule has 0 rings (SSSR count). The summed E-state index contributed by atoms with van der Waals surface area (Å²) in [4.78, 5) is 0. The van der Waals surface area contributed by atoms with Crippen molar-refractivity contribution in [3.05, 3.63) is 0 Å². The topological polar surface area (TPSA) is 300 Å². The fourth-order valence-electron chi connectivity index (χ4n) is 0. The Hall–Kier alpha value is 1.81. The zero-order valence-electron chi connectivity index (χ0n) is 5.91. The van der Waals surface area contributed by atoms with Crippen LogP contribution in [0, 0.1) is 0 Å². The van der Waals surface area contributed by atoms with Crippen LogP contribution in [0.2, 0.25) is 0 Å². The van der Waals surface area contributed by atoms with Crippen LogP contribution in [-0.2, 0) is 71.4 Å². The van der Waals surface area contributed by atoms with Crippen LogP contribution in [0.4, 0.5) is 0 Å². The molecule has 0 aromatic carbocycles. The van der Waals surface area contributed by atoms with Crippen LogP contribution in [0.25, 0.3) is 0 Å². The SMILES string of the molecule is [Co+2].[Mn+2].[Mo+4].[Ni+2].[OH-].[OH-].[OH-].[OH-].[OH-].[OH-].[OH-].[OH-].[OH-].[OH-]. The van der Waals surface area contributed by atoms with Crippen LogP contribution in [0.5, 0.6) is 0 Å². The average Bonchev–Trinajstić information content (AvgIpc) is 0. The van der Waals surface area contributed by atoms with Crippen molar-refractivity contribution in [2.45, 2.75) is 0 Å². The molecule has 0 aliphatic heterocycles. The van der Waals surface area contributed by atoms with Gasteiger partial charge in [0.1, 0.15) is 0 Å². The van der Waals surface area contributed by atoms with Crippen LogP contribution in [0.1, 0.15) is 0 Å². The van der Waals surface area contributed by atoms with E-state index in [1.807, 2.05) is 0 Å². The van der Waals surface area contributed by atoms with Gasteiger partial charge in [0.2, 0.25) is 0 Å². The first-order chi connectivity index (χ1) is 0. The van der Waals surface area contributed by atoms with Crippen LogP contribution < -0.4 is 0 Å². The molecule has 0 spiro atoms. The molecule has 0 unspecified atom stereocenters. The molecule has 0 saturated carbocycles. The summed E-state index contributed by atoms with van der Waals surface area (Å²) in [7, 11) is 0. The molecule has 102 valence electrons. The summed E-state index contributed by atoms with van der Waals surface area (Å²) in [6.45, 7) is 0. The summed E-state index contributed by atoms with van der Waals surface area (Å²) in [5.74, 6) is 0. The Kier molecular flexibility index (Phi) is 65400. The summed E-state index contributed by atoms with van der Waals surface area (Å²) in [5.41, 5.74) is 0. The predicted octanol–water partition coefficient (Wildman–Crippen LogP) is -1.78. The summed E-state index contributed by atoms with van der Waals surface area (Å²) in [6, 6.07) is 0. The first-order valence-electron chi connectivity index (χ1n) is 0. The standard InChI is InChI=1S/Co.Mn.Mo.Ni.10H2O/h;;;;10*1H2/q2*+2;+4;+2;;;;;;;;;;/p-10. The molecule has 0 atom stereocenters. The third-order valence-corrected chi connectivity index (χ3v) is 0. The molecule has 0 heterocycles. The molecule has 0 aliphatic rings. The van der Waals surface area contributed by atoms with Crippen molar-refractivity contribution < 1.29 is 126 Å². The summed E-state index contributed by atoms with van der Waals surface area (Å²) in [5, 5.41) is 0. The first-order valence-corrected chi connectivity index (χ1v) is 0. The minimum Gasteiger partial charge on any atom is -0.870 e. The Balaban J connectivity index is 0. The monoisotopic (exact) mass is 440 g/mol. The van der Waals surface area contributed by atoms with Crippen LogP contribution in [-0.4, -0.2) is 54.8 Å². The smallest absolute Gasteiger partial charge is 0.870 e. The second-order valence-electron chi connectivity index (χ2n) is 0. The summed E-state index contributed by atoms with van der Waals surface area (Å²) in [6.07, 6.45) is 0. The van der Waals surface area contributed by atoms with Gasteiger partial charge in [-0.05, 0) is 0 Å². The zero-order valence-corrected chi connectivity index (χ0v) is 11.1.